The second kappa shape index (κ2) is 5.48. The molecule has 2 rings (SSSR count). The summed E-state index contributed by atoms with van der Waals surface area (Å²) in [5, 5.41) is 2.86. The Morgan fingerprint density at radius 1 is 1.21 bits per heavy atom. The van der Waals surface area contributed by atoms with E-state index in [0.717, 1.165) is 0 Å². The van der Waals surface area contributed by atoms with Crippen molar-refractivity contribution >= 4 is 17.4 Å². The van der Waals surface area contributed by atoms with Crippen LogP contribution in [0.5, 0.6) is 0 Å². The van der Waals surface area contributed by atoms with E-state index >= 15 is 0 Å². The van der Waals surface area contributed by atoms with E-state index in [1.807, 2.05) is 0 Å². The van der Waals surface area contributed by atoms with E-state index in [2.05, 4.69) is 10.3 Å². The molecule has 0 aliphatic carbocycles. The lowest BCUT2D eigenvalue weighted by atomic mass is 10.2. The van der Waals surface area contributed by atoms with Gasteiger partial charge < -0.3 is 10.2 Å². The van der Waals surface area contributed by atoms with Gasteiger partial charge in [0.2, 0.25) is 0 Å². The zero-order valence-electron chi connectivity index (χ0n) is 10.7. The average molecular weight is 259 g/mol. The number of halogens is 1. The third-order valence-corrected chi connectivity index (χ3v) is 2.74. The predicted octanol–water partition coefficient (Wildman–Crippen LogP) is 2.54. The summed E-state index contributed by atoms with van der Waals surface area (Å²) in [7, 11) is 3.24. The molecule has 0 saturated heterocycles. The molecule has 0 radical (unpaired) electrons. The Labute approximate surface area is 110 Å². The van der Waals surface area contributed by atoms with Crippen molar-refractivity contribution in [3.63, 3.8) is 0 Å². The van der Waals surface area contributed by atoms with Gasteiger partial charge in [0.25, 0.3) is 5.91 Å². The van der Waals surface area contributed by atoms with Crippen LogP contribution in [-0.4, -0.2) is 25.0 Å². The summed E-state index contributed by atoms with van der Waals surface area (Å²) in [4.78, 5) is 17.6. The van der Waals surface area contributed by atoms with Crippen LogP contribution in [0.2, 0.25) is 0 Å². The fourth-order valence-corrected chi connectivity index (χ4v) is 1.70. The number of anilines is 2. The zero-order valence-corrected chi connectivity index (χ0v) is 10.7. The normalized spacial score (nSPS) is 10.1. The Balaban J connectivity index is 2.31. The smallest absolute Gasteiger partial charge is 0.276 e. The van der Waals surface area contributed by atoms with Crippen LogP contribution in [0.25, 0.3) is 0 Å². The highest BCUT2D eigenvalue weighted by molar-refractivity contribution is 6.04. The molecule has 2 aromatic rings. The third kappa shape index (κ3) is 2.70. The lowest BCUT2D eigenvalue weighted by Gasteiger charge is -2.17. The fourth-order valence-electron chi connectivity index (χ4n) is 1.70. The number of carbonyl (C=O) groups excluding carboxylic acids is 1. The second-order valence-corrected chi connectivity index (χ2v) is 3.97. The largest absolute Gasteiger partial charge is 0.373 e. The fraction of sp³-hybridized carbons (Fsp3) is 0.143. The molecule has 1 N–H and O–H groups in total. The lowest BCUT2D eigenvalue weighted by Crippen LogP contribution is -2.28. The summed E-state index contributed by atoms with van der Waals surface area (Å²) < 4.78 is 13.6. The van der Waals surface area contributed by atoms with E-state index < -0.39 is 5.82 Å². The van der Waals surface area contributed by atoms with Crippen LogP contribution in [0.4, 0.5) is 15.9 Å². The van der Waals surface area contributed by atoms with Gasteiger partial charge in [-0.3, -0.25) is 4.79 Å². The summed E-state index contributed by atoms with van der Waals surface area (Å²) >= 11 is 0. The van der Waals surface area contributed by atoms with Gasteiger partial charge in [0.1, 0.15) is 17.3 Å². The number of hydrogen-bond donors (Lipinski definition) is 1. The molecule has 0 spiro atoms. The van der Waals surface area contributed by atoms with Gasteiger partial charge in [0.15, 0.2) is 0 Å². The lowest BCUT2D eigenvalue weighted by molar-refractivity contribution is 0.0987. The SMILES string of the molecule is CNc1cccc(C(=O)N(C)c2ccccc2F)n1. The molecule has 1 amide bonds. The van der Waals surface area contributed by atoms with Crippen molar-refractivity contribution in [3.8, 4) is 0 Å². The van der Waals surface area contributed by atoms with Crippen LogP contribution in [0, 0.1) is 5.82 Å². The molecule has 0 atom stereocenters. The molecule has 0 aliphatic heterocycles. The second-order valence-electron chi connectivity index (χ2n) is 3.97. The number of nitrogens with zero attached hydrogens (tertiary/aromatic N) is 2. The van der Waals surface area contributed by atoms with Gasteiger partial charge in [-0.15, -0.1) is 0 Å². The van der Waals surface area contributed by atoms with E-state index in [9.17, 15) is 9.18 Å². The van der Waals surface area contributed by atoms with Crippen molar-refractivity contribution in [2.45, 2.75) is 0 Å². The van der Waals surface area contributed by atoms with Crippen molar-refractivity contribution in [3.05, 3.63) is 54.0 Å². The molecule has 4 nitrogen and oxygen atoms in total. The van der Waals surface area contributed by atoms with Gasteiger partial charge in [0.05, 0.1) is 5.69 Å². The van der Waals surface area contributed by atoms with Gasteiger partial charge in [-0.2, -0.15) is 0 Å². The maximum atomic E-state index is 13.6. The average Bonchev–Trinajstić information content (AvgIpc) is 2.46. The number of rotatable bonds is 3. The Morgan fingerprint density at radius 3 is 2.63 bits per heavy atom. The first kappa shape index (κ1) is 13.0. The minimum atomic E-state index is -0.442. The molecule has 0 aliphatic rings. The summed E-state index contributed by atoms with van der Waals surface area (Å²) in [5.74, 6) is -0.210. The molecule has 0 unspecified atom stereocenters. The Morgan fingerprint density at radius 2 is 1.95 bits per heavy atom. The van der Waals surface area contributed by atoms with Crippen molar-refractivity contribution < 1.29 is 9.18 Å². The monoisotopic (exact) mass is 259 g/mol. The molecule has 0 bridgehead atoms. The van der Waals surface area contributed by atoms with E-state index in [1.165, 1.54) is 18.0 Å². The number of hydrogen-bond acceptors (Lipinski definition) is 3. The predicted molar refractivity (Wildman–Crippen MR) is 72.9 cm³/mol. The van der Waals surface area contributed by atoms with Crippen molar-refractivity contribution in [2.75, 3.05) is 24.3 Å². The van der Waals surface area contributed by atoms with Crippen LogP contribution in [0.1, 0.15) is 10.5 Å². The maximum Gasteiger partial charge on any atom is 0.276 e. The van der Waals surface area contributed by atoms with Gasteiger partial charge in [-0.05, 0) is 24.3 Å². The molecule has 0 fully saturated rings. The summed E-state index contributed by atoms with van der Waals surface area (Å²) in [6.07, 6.45) is 0. The highest BCUT2D eigenvalue weighted by Gasteiger charge is 2.17. The number of benzene rings is 1. The first-order chi connectivity index (χ1) is 9.13. The van der Waals surface area contributed by atoms with Crippen molar-refractivity contribution in [2.24, 2.45) is 0 Å². The van der Waals surface area contributed by atoms with Crippen LogP contribution in [-0.2, 0) is 0 Å². The molecular formula is C14H14FN3O. The first-order valence-electron chi connectivity index (χ1n) is 5.81. The number of carbonyl (C=O) groups is 1. The third-order valence-electron chi connectivity index (χ3n) is 2.74. The summed E-state index contributed by atoms with van der Waals surface area (Å²) in [5.41, 5.74) is 0.488. The van der Waals surface area contributed by atoms with Gasteiger partial charge in [0, 0.05) is 14.1 Å². The number of amides is 1. The minimum Gasteiger partial charge on any atom is -0.373 e. The van der Waals surface area contributed by atoms with E-state index in [-0.39, 0.29) is 17.3 Å². The summed E-state index contributed by atoms with van der Waals surface area (Å²) in [6.45, 7) is 0. The Hall–Kier alpha value is -2.43. The van der Waals surface area contributed by atoms with Crippen LogP contribution >= 0.6 is 0 Å². The molecule has 0 saturated carbocycles. The Kier molecular flexibility index (Phi) is 3.75. The van der Waals surface area contributed by atoms with Gasteiger partial charge in [-0.25, -0.2) is 9.37 Å². The minimum absolute atomic E-state index is 0.226. The number of pyridine rings is 1. The highest BCUT2D eigenvalue weighted by Crippen LogP contribution is 2.19. The van der Waals surface area contributed by atoms with Crippen LogP contribution < -0.4 is 10.2 Å². The Bertz CT molecular complexity index is 601. The molecule has 1 heterocycles. The molecule has 1 aromatic carbocycles. The highest BCUT2D eigenvalue weighted by atomic mass is 19.1. The van der Waals surface area contributed by atoms with Crippen LogP contribution in [0.3, 0.4) is 0 Å². The standard InChI is InChI=1S/C14H14FN3O/c1-16-13-9-5-7-11(17-13)14(19)18(2)12-8-4-3-6-10(12)15/h3-9H,1-2H3,(H,16,17). The number of para-hydroxylation sites is 1. The first-order valence-corrected chi connectivity index (χ1v) is 5.81. The van der Waals surface area contributed by atoms with E-state index in [1.54, 1.807) is 43.4 Å². The van der Waals surface area contributed by atoms with E-state index in [0.29, 0.717) is 5.82 Å². The number of nitrogens with one attached hydrogen (secondary N) is 1. The molecule has 5 heteroatoms. The molecule has 98 valence electrons. The van der Waals surface area contributed by atoms with Crippen molar-refractivity contribution in [1.82, 2.24) is 4.98 Å². The zero-order chi connectivity index (χ0) is 13.8. The topological polar surface area (TPSA) is 45.2 Å². The summed E-state index contributed by atoms with van der Waals surface area (Å²) in [6, 6.07) is 11.2. The molecule has 1 aromatic heterocycles. The quantitative estimate of drug-likeness (QED) is 0.921. The molecule has 19 heavy (non-hydrogen) atoms. The van der Waals surface area contributed by atoms with Crippen molar-refractivity contribution in [1.29, 1.82) is 0 Å². The van der Waals surface area contributed by atoms with Gasteiger partial charge >= 0.3 is 0 Å². The van der Waals surface area contributed by atoms with Gasteiger partial charge in [-0.1, -0.05) is 18.2 Å². The number of aromatic nitrogens is 1. The van der Waals surface area contributed by atoms with E-state index in [4.69, 9.17) is 0 Å². The maximum absolute atomic E-state index is 13.6. The molecular weight excluding hydrogens is 245 g/mol. The van der Waals surface area contributed by atoms with Crippen LogP contribution in [0.15, 0.2) is 42.5 Å².